The van der Waals surface area contributed by atoms with Gasteiger partial charge in [0.1, 0.15) is 5.75 Å². The van der Waals surface area contributed by atoms with Crippen LogP contribution in [0.5, 0.6) is 5.75 Å². The Morgan fingerprint density at radius 1 is 0.946 bits per heavy atom. The van der Waals surface area contributed by atoms with Crippen LogP contribution in [0.15, 0.2) is 88.2 Å². The first kappa shape index (κ1) is 25.5. The van der Waals surface area contributed by atoms with Crippen LogP contribution in [0.25, 0.3) is 16.8 Å². The summed E-state index contributed by atoms with van der Waals surface area (Å²) in [5.41, 5.74) is 1.37. The number of hydrogen-bond acceptors (Lipinski definition) is 5. The lowest BCUT2D eigenvalue weighted by Gasteiger charge is -2.14. The molecule has 184 valence electrons. The molecule has 5 rings (SSSR count). The summed E-state index contributed by atoms with van der Waals surface area (Å²) in [5.74, 6) is -0.769. The Morgan fingerprint density at radius 3 is 2.43 bits per heavy atom. The van der Waals surface area contributed by atoms with Crippen molar-refractivity contribution < 1.29 is 19.1 Å². The highest BCUT2D eigenvalue weighted by atomic mass is 79.9. The number of imide groups is 1. The molecular formula is C28H16BrCl2NO4S. The summed E-state index contributed by atoms with van der Waals surface area (Å²) in [6, 6.07) is 23.0. The largest absolute Gasteiger partial charge is 0.422 e. The second-order valence-electron chi connectivity index (χ2n) is 8.07. The molecule has 1 heterocycles. The molecule has 0 N–H and O–H groups in total. The van der Waals surface area contributed by atoms with Crippen LogP contribution in [-0.4, -0.2) is 22.0 Å². The van der Waals surface area contributed by atoms with Crippen molar-refractivity contribution in [2.45, 2.75) is 6.54 Å². The van der Waals surface area contributed by atoms with Crippen LogP contribution in [0, 0.1) is 0 Å². The predicted molar refractivity (Wildman–Crippen MR) is 151 cm³/mol. The smallest absolute Gasteiger partial charge is 0.344 e. The molecular weight excluding hydrogens is 597 g/mol. The van der Waals surface area contributed by atoms with Crippen LogP contribution in [0.3, 0.4) is 0 Å². The minimum atomic E-state index is -0.532. The van der Waals surface area contributed by atoms with Crippen LogP contribution in [0.2, 0.25) is 10.0 Å². The van der Waals surface area contributed by atoms with Gasteiger partial charge in [0, 0.05) is 25.6 Å². The van der Waals surface area contributed by atoms with Gasteiger partial charge >= 0.3 is 5.97 Å². The Balaban J connectivity index is 1.44. The number of hydrogen-bond donors (Lipinski definition) is 0. The third-order valence-electron chi connectivity index (χ3n) is 5.72. The molecule has 0 saturated carbocycles. The number of amides is 2. The van der Waals surface area contributed by atoms with Crippen LogP contribution in [-0.2, 0) is 11.3 Å². The summed E-state index contributed by atoms with van der Waals surface area (Å²) < 4.78 is 6.48. The summed E-state index contributed by atoms with van der Waals surface area (Å²) in [6.07, 6.45) is 1.54. The summed E-state index contributed by atoms with van der Waals surface area (Å²) in [4.78, 5) is 40.2. The second-order valence-corrected chi connectivity index (χ2v) is 10.8. The fourth-order valence-electron chi connectivity index (χ4n) is 3.90. The molecule has 0 atom stereocenters. The van der Waals surface area contributed by atoms with Crippen molar-refractivity contribution >= 4 is 84.9 Å². The van der Waals surface area contributed by atoms with Crippen LogP contribution in [0.4, 0.5) is 4.79 Å². The molecule has 1 fully saturated rings. The third-order valence-corrected chi connectivity index (χ3v) is 7.83. The molecule has 37 heavy (non-hydrogen) atoms. The molecule has 1 aliphatic heterocycles. The molecule has 2 amide bonds. The molecule has 4 aromatic carbocycles. The second kappa shape index (κ2) is 10.7. The van der Waals surface area contributed by atoms with E-state index < -0.39 is 17.1 Å². The van der Waals surface area contributed by atoms with Crippen molar-refractivity contribution in [3.8, 4) is 5.75 Å². The molecule has 5 nitrogen and oxygen atoms in total. The molecule has 0 aliphatic carbocycles. The van der Waals surface area contributed by atoms with Gasteiger partial charge in [0.05, 0.1) is 17.0 Å². The van der Waals surface area contributed by atoms with Crippen molar-refractivity contribution in [1.29, 1.82) is 0 Å². The number of thioether (sulfide) groups is 1. The van der Waals surface area contributed by atoms with E-state index in [2.05, 4.69) is 15.9 Å². The summed E-state index contributed by atoms with van der Waals surface area (Å²) in [6.45, 7) is -0.0536. The van der Waals surface area contributed by atoms with Gasteiger partial charge in [0.2, 0.25) is 0 Å². The molecule has 9 heteroatoms. The number of esters is 1. The summed E-state index contributed by atoms with van der Waals surface area (Å²) >= 11 is 16.7. The van der Waals surface area contributed by atoms with Gasteiger partial charge in [0.15, 0.2) is 0 Å². The quantitative estimate of drug-likeness (QED) is 0.129. The topological polar surface area (TPSA) is 63.7 Å². The zero-order valence-electron chi connectivity index (χ0n) is 18.9. The SMILES string of the molecule is O=C(Oc1ccc(Br)cc1/C=C1\SC(=O)N(Cc2c(Cl)cccc2Cl)C1=O)c1cccc2ccccc12. The highest BCUT2D eigenvalue weighted by Gasteiger charge is 2.36. The Labute approximate surface area is 235 Å². The average Bonchev–Trinajstić information content (AvgIpc) is 3.14. The molecule has 1 aliphatic rings. The van der Waals surface area contributed by atoms with Crippen molar-refractivity contribution in [2.75, 3.05) is 0 Å². The number of fused-ring (bicyclic) bond motifs is 1. The van der Waals surface area contributed by atoms with Gasteiger partial charge in [-0.1, -0.05) is 81.6 Å². The van der Waals surface area contributed by atoms with Gasteiger partial charge in [-0.25, -0.2) is 4.79 Å². The molecule has 0 radical (unpaired) electrons. The Morgan fingerprint density at radius 2 is 1.65 bits per heavy atom. The number of rotatable bonds is 5. The van der Waals surface area contributed by atoms with Crippen molar-refractivity contribution in [3.63, 3.8) is 0 Å². The average molecular weight is 613 g/mol. The van der Waals surface area contributed by atoms with E-state index in [-0.39, 0.29) is 17.2 Å². The number of carbonyl (C=O) groups is 3. The van der Waals surface area contributed by atoms with Gasteiger partial charge in [-0.05, 0) is 65.0 Å². The summed E-state index contributed by atoms with van der Waals surface area (Å²) in [5, 5.41) is 1.97. The summed E-state index contributed by atoms with van der Waals surface area (Å²) in [7, 11) is 0. The van der Waals surface area contributed by atoms with E-state index in [9.17, 15) is 14.4 Å². The van der Waals surface area contributed by atoms with Crippen molar-refractivity contribution in [2.24, 2.45) is 0 Å². The number of benzene rings is 4. The highest BCUT2D eigenvalue weighted by Crippen LogP contribution is 2.37. The van der Waals surface area contributed by atoms with E-state index in [1.54, 1.807) is 48.5 Å². The van der Waals surface area contributed by atoms with Crippen LogP contribution >= 0.6 is 50.9 Å². The third kappa shape index (κ3) is 5.31. The zero-order chi connectivity index (χ0) is 26.1. The van der Waals surface area contributed by atoms with Gasteiger partial charge in [0.25, 0.3) is 11.1 Å². The van der Waals surface area contributed by atoms with Gasteiger partial charge in [-0.3, -0.25) is 14.5 Å². The lowest BCUT2D eigenvalue weighted by Crippen LogP contribution is -2.27. The minimum absolute atomic E-state index is 0.0536. The van der Waals surface area contributed by atoms with Crippen LogP contribution in [0.1, 0.15) is 21.5 Å². The van der Waals surface area contributed by atoms with Crippen molar-refractivity contribution in [1.82, 2.24) is 4.90 Å². The minimum Gasteiger partial charge on any atom is -0.422 e. The normalized spacial score (nSPS) is 14.6. The Hall–Kier alpha value is -3.10. The molecule has 1 saturated heterocycles. The zero-order valence-corrected chi connectivity index (χ0v) is 22.8. The lowest BCUT2D eigenvalue weighted by molar-refractivity contribution is -0.123. The number of carbonyl (C=O) groups excluding carboxylic acids is 3. The van der Waals surface area contributed by atoms with Crippen LogP contribution < -0.4 is 4.74 Å². The van der Waals surface area contributed by atoms with E-state index in [0.717, 1.165) is 27.4 Å². The molecule has 4 aromatic rings. The standard InChI is InChI=1S/C28H16BrCl2NO4S/c29-18-11-12-24(36-27(34)20-8-3-6-16-5-1-2-7-19(16)20)17(13-18)14-25-26(33)32(28(35)37-25)15-21-22(30)9-4-10-23(21)31/h1-14H,15H2/b25-14-. The first-order chi connectivity index (χ1) is 17.8. The molecule has 0 unspecified atom stereocenters. The van der Waals surface area contributed by atoms with E-state index >= 15 is 0 Å². The Kier molecular flexibility index (Phi) is 7.40. The molecule has 0 spiro atoms. The van der Waals surface area contributed by atoms with Gasteiger partial charge in [-0.2, -0.15) is 0 Å². The predicted octanol–water partition coefficient (Wildman–Crippen LogP) is 8.36. The number of nitrogens with zero attached hydrogens (tertiary/aromatic N) is 1. The van der Waals surface area contributed by atoms with E-state index in [0.29, 0.717) is 31.2 Å². The molecule has 0 bridgehead atoms. The highest BCUT2D eigenvalue weighted by molar-refractivity contribution is 9.10. The number of halogens is 3. The maximum Gasteiger partial charge on any atom is 0.344 e. The maximum absolute atomic E-state index is 13.1. The Bertz CT molecular complexity index is 1600. The first-order valence-electron chi connectivity index (χ1n) is 11.0. The number of ether oxygens (including phenoxy) is 1. The lowest BCUT2D eigenvalue weighted by atomic mass is 10.0. The molecule has 0 aromatic heterocycles. The van der Waals surface area contributed by atoms with Crippen molar-refractivity contribution in [3.05, 3.63) is 115 Å². The van der Waals surface area contributed by atoms with Gasteiger partial charge in [-0.15, -0.1) is 0 Å². The first-order valence-corrected chi connectivity index (χ1v) is 13.4. The van der Waals surface area contributed by atoms with E-state index in [1.165, 1.54) is 6.08 Å². The van der Waals surface area contributed by atoms with Gasteiger partial charge < -0.3 is 4.74 Å². The fourth-order valence-corrected chi connectivity index (χ4v) is 5.63. The maximum atomic E-state index is 13.1. The monoisotopic (exact) mass is 611 g/mol. The van der Waals surface area contributed by atoms with E-state index in [1.807, 2.05) is 30.3 Å². The fraction of sp³-hybridized carbons (Fsp3) is 0.0357. The van der Waals surface area contributed by atoms with E-state index in [4.69, 9.17) is 27.9 Å².